The molecule has 0 saturated carbocycles. The number of ether oxygens (including phenoxy) is 1. The second kappa shape index (κ2) is 7.86. The fourth-order valence-electron chi connectivity index (χ4n) is 3.08. The van der Waals surface area contributed by atoms with Crippen molar-refractivity contribution < 1.29 is 9.53 Å². The van der Waals surface area contributed by atoms with E-state index in [9.17, 15) is 4.79 Å². The summed E-state index contributed by atoms with van der Waals surface area (Å²) >= 11 is 0. The Labute approximate surface area is 143 Å². The van der Waals surface area contributed by atoms with Crippen LogP contribution in [0.25, 0.3) is 0 Å². The number of nitrogens with one attached hydrogen (secondary N) is 1. The van der Waals surface area contributed by atoms with Gasteiger partial charge >= 0.3 is 0 Å². The standard InChI is InChI=1S/C20H24N2O2/c1-2-16-9-3-6-12-19(16)24-15-20(23)21-17-10-4-5-11-18(17)22-13-7-8-14-22/h3-6,9-12H,2,7-8,13-15H2,1H3,(H,21,23). The van der Waals surface area contributed by atoms with Crippen LogP contribution >= 0.6 is 0 Å². The summed E-state index contributed by atoms with van der Waals surface area (Å²) in [6, 6.07) is 15.8. The molecule has 4 heteroatoms. The molecule has 1 N–H and O–H groups in total. The van der Waals surface area contributed by atoms with Gasteiger partial charge in [0.25, 0.3) is 5.91 Å². The van der Waals surface area contributed by atoms with Crippen molar-refractivity contribution in [2.45, 2.75) is 26.2 Å². The first kappa shape index (κ1) is 16.4. The zero-order valence-corrected chi connectivity index (χ0v) is 14.1. The van der Waals surface area contributed by atoms with E-state index >= 15 is 0 Å². The minimum absolute atomic E-state index is 0.0192. The average Bonchev–Trinajstić information content (AvgIpc) is 3.15. The SMILES string of the molecule is CCc1ccccc1OCC(=O)Nc1ccccc1N1CCCC1. The van der Waals surface area contributed by atoms with Gasteiger partial charge in [-0.05, 0) is 43.0 Å². The number of carbonyl (C=O) groups is 1. The van der Waals surface area contributed by atoms with Crippen molar-refractivity contribution in [3.63, 3.8) is 0 Å². The lowest BCUT2D eigenvalue weighted by molar-refractivity contribution is -0.118. The Hall–Kier alpha value is -2.49. The van der Waals surface area contributed by atoms with Gasteiger partial charge in [0.2, 0.25) is 0 Å². The number of hydrogen-bond acceptors (Lipinski definition) is 3. The first-order valence-corrected chi connectivity index (χ1v) is 8.62. The minimum Gasteiger partial charge on any atom is -0.483 e. The van der Waals surface area contributed by atoms with Gasteiger partial charge in [-0.2, -0.15) is 0 Å². The number of rotatable bonds is 6. The molecule has 0 spiro atoms. The van der Waals surface area contributed by atoms with E-state index in [1.807, 2.05) is 42.5 Å². The monoisotopic (exact) mass is 324 g/mol. The van der Waals surface area contributed by atoms with Crippen molar-refractivity contribution >= 4 is 17.3 Å². The van der Waals surface area contributed by atoms with Crippen LogP contribution < -0.4 is 15.0 Å². The Balaban J connectivity index is 1.63. The predicted molar refractivity (Wildman–Crippen MR) is 97.8 cm³/mol. The molecule has 1 aliphatic heterocycles. The minimum atomic E-state index is -0.132. The maximum Gasteiger partial charge on any atom is 0.262 e. The van der Waals surface area contributed by atoms with Crippen molar-refractivity contribution in [2.75, 3.05) is 29.9 Å². The summed E-state index contributed by atoms with van der Waals surface area (Å²) < 4.78 is 5.70. The zero-order chi connectivity index (χ0) is 16.8. The Morgan fingerprint density at radius 3 is 2.58 bits per heavy atom. The van der Waals surface area contributed by atoms with E-state index in [0.29, 0.717) is 0 Å². The van der Waals surface area contributed by atoms with E-state index in [4.69, 9.17) is 4.74 Å². The Bertz CT molecular complexity index is 694. The molecule has 0 unspecified atom stereocenters. The molecule has 0 atom stereocenters. The highest BCUT2D eigenvalue weighted by Crippen LogP contribution is 2.28. The van der Waals surface area contributed by atoms with Gasteiger partial charge in [-0.25, -0.2) is 0 Å². The maximum atomic E-state index is 12.3. The van der Waals surface area contributed by atoms with Crippen LogP contribution in [-0.4, -0.2) is 25.6 Å². The molecule has 4 nitrogen and oxygen atoms in total. The normalized spacial score (nSPS) is 13.8. The van der Waals surface area contributed by atoms with Gasteiger partial charge in [0, 0.05) is 13.1 Å². The molecule has 1 heterocycles. The number of benzene rings is 2. The molecule has 0 aliphatic carbocycles. The van der Waals surface area contributed by atoms with Gasteiger partial charge in [0.1, 0.15) is 5.75 Å². The van der Waals surface area contributed by atoms with Crippen molar-refractivity contribution in [2.24, 2.45) is 0 Å². The lowest BCUT2D eigenvalue weighted by Crippen LogP contribution is -2.24. The highest BCUT2D eigenvalue weighted by molar-refractivity contribution is 5.95. The summed E-state index contributed by atoms with van der Waals surface area (Å²) in [5.41, 5.74) is 3.07. The summed E-state index contributed by atoms with van der Waals surface area (Å²) in [5.74, 6) is 0.649. The molecule has 24 heavy (non-hydrogen) atoms. The first-order chi connectivity index (χ1) is 11.8. The molecule has 2 aromatic carbocycles. The largest absolute Gasteiger partial charge is 0.483 e. The number of hydrogen-bond donors (Lipinski definition) is 1. The molecule has 1 fully saturated rings. The fraction of sp³-hybridized carbons (Fsp3) is 0.350. The number of anilines is 2. The van der Waals surface area contributed by atoms with Gasteiger partial charge in [0.05, 0.1) is 11.4 Å². The number of amides is 1. The Kier molecular flexibility index (Phi) is 5.36. The zero-order valence-electron chi connectivity index (χ0n) is 14.1. The lowest BCUT2D eigenvalue weighted by atomic mass is 10.1. The van der Waals surface area contributed by atoms with Crippen molar-refractivity contribution in [1.82, 2.24) is 0 Å². The number of nitrogens with zero attached hydrogens (tertiary/aromatic N) is 1. The summed E-state index contributed by atoms with van der Waals surface area (Å²) in [6.45, 7) is 4.19. The lowest BCUT2D eigenvalue weighted by Gasteiger charge is -2.21. The number of para-hydroxylation sites is 3. The molecule has 2 aromatic rings. The van der Waals surface area contributed by atoms with Crippen molar-refractivity contribution in [3.8, 4) is 5.75 Å². The third kappa shape index (κ3) is 3.88. The first-order valence-electron chi connectivity index (χ1n) is 8.62. The topological polar surface area (TPSA) is 41.6 Å². The van der Waals surface area contributed by atoms with E-state index in [2.05, 4.69) is 23.2 Å². The molecular formula is C20H24N2O2. The highest BCUT2D eigenvalue weighted by atomic mass is 16.5. The van der Waals surface area contributed by atoms with Gasteiger partial charge < -0.3 is 15.0 Å². The van der Waals surface area contributed by atoms with Crippen molar-refractivity contribution in [1.29, 1.82) is 0 Å². The summed E-state index contributed by atoms with van der Waals surface area (Å²) in [5, 5.41) is 2.99. The molecule has 3 rings (SSSR count). The summed E-state index contributed by atoms with van der Waals surface area (Å²) in [4.78, 5) is 14.6. The molecule has 126 valence electrons. The fourth-order valence-corrected chi connectivity index (χ4v) is 3.08. The molecular weight excluding hydrogens is 300 g/mol. The van der Waals surface area contributed by atoms with E-state index < -0.39 is 0 Å². The number of carbonyl (C=O) groups excluding carboxylic acids is 1. The van der Waals surface area contributed by atoms with Crippen LogP contribution in [0.2, 0.25) is 0 Å². The van der Waals surface area contributed by atoms with E-state index in [-0.39, 0.29) is 12.5 Å². The van der Waals surface area contributed by atoms with Gasteiger partial charge in [-0.15, -0.1) is 0 Å². The molecule has 0 radical (unpaired) electrons. The second-order valence-electron chi connectivity index (χ2n) is 6.01. The maximum absolute atomic E-state index is 12.3. The predicted octanol–water partition coefficient (Wildman–Crippen LogP) is 3.87. The van der Waals surface area contributed by atoms with Gasteiger partial charge in [0.15, 0.2) is 6.61 Å². The van der Waals surface area contributed by atoms with Crippen molar-refractivity contribution in [3.05, 3.63) is 54.1 Å². The van der Waals surface area contributed by atoms with Gasteiger partial charge in [-0.1, -0.05) is 37.3 Å². The van der Waals surface area contributed by atoms with Crippen LogP contribution in [-0.2, 0) is 11.2 Å². The van der Waals surface area contributed by atoms with E-state index in [1.54, 1.807) is 0 Å². The molecule has 0 bridgehead atoms. The van der Waals surface area contributed by atoms with Crippen LogP contribution in [0.15, 0.2) is 48.5 Å². The summed E-state index contributed by atoms with van der Waals surface area (Å²) in [7, 11) is 0. The smallest absolute Gasteiger partial charge is 0.262 e. The van der Waals surface area contributed by atoms with Gasteiger partial charge in [-0.3, -0.25) is 4.79 Å². The summed E-state index contributed by atoms with van der Waals surface area (Å²) in [6.07, 6.45) is 3.30. The second-order valence-corrected chi connectivity index (χ2v) is 6.01. The third-order valence-corrected chi connectivity index (χ3v) is 4.34. The molecule has 1 amide bonds. The third-order valence-electron chi connectivity index (χ3n) is 4.34. The van der Waals surface area contributed by atoms with Crippen LogP contribution in [0.5, 0.6) is 5.75 Å². The molecule has 1 saturated heterocycles. The van der Waals surface area contributed by atoms with E-state index in [0.717, 1.165) is 42.2 Å². The van der Waals surface area contributed by atoms with Crippen LogP contribution in [0, 0.1) is 0 Å². The number of aryl methyl sites for hydroxylation is 1. The molecule has 0 aromatic heterocycles. The average molecular weight is 324 g/mol. The quantitative estimate of drug-likeness (QED) is 0.877. The highest BCUT2D eigenvalue weighted by Gasteiger charge is 2.16. The van der Waals surface area contributed by atoms with Crippen LogP contribution in [0.1, 0.15) is 25.3 Å². The Morgan fingerprint density at radius 2 is 1.79 bits per heavy atom. The Morgan fingerprint density at radius 1 is 1.08 bits per heavy atom. The van der Waals surface area contributed by atoms with Crippen LogP contribution in [0.3, 0.4) is 0 Å². The van der Waals surface area contributed by atoms with E-state index in [1.165, 1.54) is 12.8 Å². The molecule has 1 aliphatic rings. The van der Waals surface area contributed by atoms with Crippen LogP contribution in [0.4, 0.5) is 11.4 Å².